The summed E-state index contributed by atoms with van der Waals surface area (Å²) in [5.74, 6) is 0.108. The minimum Gasteiger partial charge on any atom is -0.423 e. The van der Waals surface area contributed by atoms with Crippen LogP contribution in [0, 0.1) is 0 Å². The minimum absolute atomic E-state index is 0.376. The molecule has 0 heterocycles. The number of hydrogen-bond donors (Lipinski definition) is 2. The number of fused-ring (bicyclic) bond motifs is 1. The van der Waals surface area contributed by atoms with Gasteiger partial charge in [0.05, 0.1) is 11.8 Å². The van der Waals surface area contributed by atoms with Gasteiger partial charge in [-0.1, -0.05) is 55.7 Å². The van der Waals surface area contributed by atoms with E-state index >= 15 is 0 Å². The van der Waals surface area contributed by atoms with E-state index in [2.05, 4.69) is 15.8 Å². The van der Waals surface area contributed by atoms with Gasteiger partial charge in [0, 0.05) is 6.04 Å². The van der Waals surface area contributed by atoms with Gasteiger partial charge in [-0.3, -0.25) is 5.43 Å². The van der Waals surface area contributed by atoms with Gasteiger partial charge < -0.3 is 10.1 Å². The molecule has 1 aliphatic rings. The van der Waals surface area contributed by atoms with Crippen molar-refractivity contribution in [1.82, 2.24) is 10.7 Å². The second-order valence-electron chi connectivity index (χ2n) is 7.66. The van der Waals surface area contributed by atoms with Crippen molar-refractivity contribution in [3.8, 4) is 5.75 Å². The molecular weight excluding hydrogens is 406 g/mol. The van der Waals surface area contributed by atoms with Crippen molar-refractivity contribution in [1.29, 1.82) is 0 Å². The van der Waals surface area contributed by atoms with E-state index < -0.39 is 0 Å². The Morgan fingerprint density at radius 1 is 0.968 bits per heavy atom. The smallest absolute Gasteiger partial charge is 0.344 e. The van der Waals surface area contributed by atoms with Gasteiger partial charge in [0.25, 0.3) is 0 Å². The van der Waals surface area contributed by atoms with Crippen LogP contribution in [0.1, 0.15) is 48.0 Å². The van der Waals surface area contributed by atoms with E-state index in [1.54, 1.807) is 24.4 Å². The van der Waals surface area contributed by atoms with Crippen molar-refractivity contribution in [3.05, 3.63) is 77.9 Å². The van der Waals surface area contributed by atoms with Crippen LogP contribution in [0.5, 0.6) is 5.75 Å². The zero-order valence-electron chi connectivity index (χ0n) is 17.2. The first-order valence-electron chi connectivity index (χ1n) is 10.6. The van der Waals surface area contributed by atoms with E-state index in [0.717, 1.165) is 29.2 Å². The van der Waals surface area contributed by atoms with Gasteiger partial charge in [0.2, 0.25) is 0 Å². The highest BCUT2D eigenvalue weighted by molar-refractivity contribution is 7.80. The molecule has 1 aliphatic carbocycles. The zero-order valence-corrected chi connectivity index (χ0v) is 18.0. The Balaban J connectivity index is 1.32. The lowest BCUT2D eigenvalue weighted by Crippen LogP contribution is -2.40. The molecule has 158 valence electrons. The van der Waals surface area contributed by atoms with Crippen LogP contribution >= 0.6 is 12.2 Å². The van der Waals surface area contributed by atoms with Crippen molar-refractivity contribution >= 4 is 40.3 Å². The first-order valence-corrected chi connectivity index (χ1v) is 11.0. The molecule has 2 N–H and O–H groups in total. The third kappa shape index (κ3) is 5.67. The Morgan fingerprint density at radius 3 is 2.52 bits per heavy atom. The number of hydrazone groups is 1. The Morgan fingerprint density at radius 2 is 1.71 bits per heavy atom. The molecule has 3 aromatic carbocycles. The van der Waals surface area contributed by atoms with Gasteiger partial charge in [-0.05, 0) is 71.7 Å². The van der Waals surface area contributed by atoms with Crippen LogP contribution in [0.4, 0.5) is 0 Å². The lowest BCUT2D eigenvalue weighted by Gasteiger charge is -2.23. The summed E-state index contributed by atoms with van der Waals surface area (Å²) >= 11 is 5.30. The lowest BCUT2D eigenvalue weighted by atomic mass is 9.96. The predicted octanol–water partition coefficient (Wildman–Crippen LogP) is 5.19. The number of benzene rings is 3. The Kier molecular flexibility index (Phi) is 6.89. The predicted molar refractivity (Wildman–Crippen MR) is 129 cm³/mol. The van der Waals surface area contributed by atoms with Gasteiger partial charge in [0.1, 0.15) is 5.75 Å². The number of hydrogen-bond acceptors (Lipinski definition) is 4. The summed E-state index contributed by atoms with van der Waals surface area (Å²) in [4.78, 5) is 12.6. The summed E-state index contributed by atoms with van der Waals surface area (Å²) in [6.45, 7) is 0. The molecule has 4 rings (SSSR count). The topological polar surface area (TPSA) is 62.7 Å². The third-order valence-electron chi connectivity index (χ3n) is 5.42. The van der Waals surface area contributed by atoms with E-state index in [4.69, 9.17) is 17.0 Å². The summed E-state index contributed by atoms with van der Waals surface area (Å²) in [6.07, 6.45) is 7.81. The van der Waals surface area contributed by atoms with Gasteiger partial charge in [-0.2, -0.15) is 5.10 Å². The molecule has 0 aromatic heterocycles. The Labute approximate surface area is 187 Å². The van der Waals surface area contributed by atoms with Crippen LogP contribution in [0.3, 0.4) is 0 Å². The minimum atomic E-state index is -0.376. The maximum atomic E-state index is 12.6. The highest BCUT2D eigenvalue weighted by Gasteiger charge is 2.14. The highest BCUT2D eigenvalue weighted by Crippen LogP contribution is 2.21. The first-order chi connectivity index (χ1) is 15.2. The number of carbonyl (C=O) groups excluding carboxylic acids is 1. The van der Waals surface area contributed by atoms with E-state index in [9.17, 15) is 4.79 Å². The maximum absolute atomic E-state index is 12.6. The largest absolute Gasteiger partial charge is 0.423 e. The standard InChI is InChI=1S/C25H25N3O2S/c29-24(23-12-6-8-19-7-4-5-11-22(19)23)30-21-15-13-18(14-16-21)17-26-28-25(31)27-20-9-2-1-3-10-20/h4-8,11-17,20H,1-3,9-10H2,(H2,27,28,31)/b26-17+. The molecule has 0 aliphatic heterocycles. The van der Waals surface area contributed by atoms with E-state index in [-0.39, 0.29) is 5.97 Å². The Hall–Kier alpha value is -3.25. The van der Waals surface area contributed by atoms with Crippen LogP contribution in [-0.2, 0) is 0 Å². The number of ether oxygens (including phenoxy) is 1. The van der Waals surface area contributed by atoms with Crippen molar-refractivity contribution in [2.24, 2.45) is 5.10 Å². The van der Waals surface area contributed by atoms with Crippen molar-refractivity contribution in [2.45, 2.75) is 38.1 Å². The number of esters is 1. The quantitative estimate of drug-likeness (QED) is 0.191. The molecule has 1 fully saturated rings. The fourth-order valence-corrected chi connectivity index (χ4v) is 4.04. The molecule has 6 heteroatoms. The molecule has 5 nitrogen and oxygen atoms in total. The molecule has 3 aromatic rings. The van der Waals surface area contributed by atoms with Crippen LogP contribution < -0.4 is 15.5 Å². The molecule has 0 amide bonds. The summed E-state index contributed by atoms with van der Waals surface area (Å²) in [5.41, 5.74) is 4.29. The number of thiocarbonyl (C=S) groups is 1. The number of carbonyl (C=O) groups is 1. The molecule has 0 atom stereocenters. The second-order valence-corrected chi connectivity index (χ2v) is 8.07. The summed E-state index contributed by atoms with van der Waals surface area (Å²) in [5, 5.41) is 9.94. The molecule has 0 radical (unpaired) electrons. The summed E-state index contributed by atoms with van der Waals surface area (Å²) in [6, 6.07) is 21.0. The second kappa shape index (κ2) is 10.2. The van der Waals surface area contributed by atoms with Crippen LogP contribution in [0.25, 0.3) is 10.8 Å². The molecule has 0 spiro atoms. The van der Waals surface area contributed by atoms with E-state index in [0.29, 0.717) is 22.5 Å². The molecule has 31 heavy (non-hydrogen) atoms. The molecule has 0 unspecified atom stereocenters. The van der Waals surface area contributed by atoms with Gasteiger partial charge in [0.15, 0.2) is 5.11 Å². The van der Waals surface area contributed by atoms with Crippen molar-refractivity contribution in [2.75, 3.05) is 0 Å². The highest BCUT2D eigenvalue weighted by atomic mass is 32.1. The van der Waals surface area contributed by atoms with Crippen molar-refractivity contribution in [3.63, 3.8) is 0 Å². The fraction of sp³-hybridized carbons (Fsp3) is 0.240. The fourth-order valence-electron chi connectivity index (χ4n) is 3.82. The SMILES string of the molecule is O=C(Oc1ccc(/C=N/NC(=S)NC2CCCCC2)cc1)c1cccc2ccccc12. The Bertz CT molecular complexity index is 1080. The molecule has 1 saturated carbocycles. The average Bonchev–Trinajstić information content (AvgIpc) is 2.80. The van der Waals surface area contributed by atoms with Gasteiger partial charge in [-0.15, -0.1) is 0 Å². The summed E-state index contributed by atoms with van der Waals surface area (Å²) in [7, 11) is 0. The van der Waals surface area contributed by atoms with Gasteiger partial charge >= 0.3 is 5.97 Å². The van der Waals surface area contributed by atoms with Crippen LogP contribution in [0.15, 0.2) is 71.8 Å². The van der Waals surface area contributed by atoms with Crippen molar-refractivity contribution < 1.29 is 9.53 Å². The summed E-state index contributed by atoms with van der Waals surface area (Å²) < 4.78 is 5.56. The third-order valence-corrected chi connectivity index (χ3v) is 5.63. The van der Waals surface area contributed by atoms with E-state index in [1.807, 2.05) is 48.5 Å². The first kappa shape index (κ1) is 21.0. The number of nitrogens with zero attached hydrogens (tertiary/aromatic N) is 1. The normalized spacial score (nSPS) is 14.5. The lowest BCUT2D eigenvalue weighted by molar-refractivity contribution is 0.0737. The molecule has 0 saturated heterocycles. The van der Waals surface area contributed by atoms with E-state index in [1.165, 1.54) is 19.3 Å². The van der Waals surface area contributed by atoms with Crippen LogP contribution in [-0.4, -0.2) is 23.3 Å². The van der Waals surface area contributed by atoms with Gasteiger partial charge in [-0.25, -0.2) is 4.79 Å². The molecule has 0 bridgehead atoms. The average molecular weight is 432 g/mol. The molecular formula is C25H25N3O2S. The van der Waals surface area contributed by atoms with Crippen LogP contribution in [0.2, 0.25) is 0 Å². The monoisotopic (exact) mass is 431 g/mol. The number of nitrogens with one attached hydrogen (secondary N) is 2. The zero-order chi connectivity index (χ0) is 21.5. The number of rotatable bonds is 5. The maximum Gasteiger partial charge on any atom is 0.344 e.